The Morgan fingerprint density at radius 2 is 0.955 bits per heavy atom. The van der Waals surface area contributed by atoms with Crippen molar-refractivity contribution in [1.29, 1.82) is 0 Å². The molecule has 0 spiro atoms. The number of fused-ring (bicyclic) bond motifs is 6. The van der Waals surface area contributed by atoms with E-state index in [1.54, 1.807) is 0 Å². The second kappa shape index (κ2) is 4.23. The second-order valence-electron chi connectivity index (χ2n) is 4.86. The van der Waals surface area contributed by atoms with E-state index in [0.29, 0.717) is 19.7 Å². The third kappa shape index (κ3) is 1.48. The van der Waals surface area contributed by atoms with Gasteiger partial charge in [-0.05, 0) is 44.0 Å². The van der Waals surface area contributed by atoms with E-state index in [1.807, 2.05) is 0 Å². The summed E-state index contributed by atoms with van der Waals surface area (Å²) in [5.41, 5.74) is -2.44. The number of benzene rings is 2. The summed E-state index contributed by atoms with van der Waals surface area (Å²) in [6.07, 6.45) is 0. The minimum atomic E-state index is -0.622. The lowest BCUT2D eigenvalue weighted by molar-refractivity contribution is 1.23. The van der Waals surface area contributed by atoms with Crippen LogP contribution in [0.1, 0.15) is 0 Å². The van der Waals surface area contributed by atoms with E-state index in [-0.39, 0.29) is 21.5 Å². The van der Waals surface area contributed by atoms with Crippen molar-refractivity contribution in [2.24, 2.45) is 0 Å². The summed E-state index contributed by atoms with van der Waals surface area (Å²) in [6.45, 7) is 0. The summed E-state index contributed by atoms with van der Waals surface area (Å²) in [4.78, 5) is 53.4. The minimum absolute atomic E-state index is 0.151. The number of H-pyrrole nitrogens is 2. The van der Waals surface area contributed by atoms with E-state index in [0.717, 1.165) is 0 Å². The minimum Gasteiger partial charge on any atom is -0.288 e. The van der Waals surface area contributed by atoms with Gasteiger partial charge >= 0.3 is 0 Å². The lowest BCUT2D eigenvalue weighted by atomic mass is 10.00. The first-order valence-corrected chi connectivity index (χ1v) is 7.69. The highest BCUT2D eigenvalue weighted by Crippen LogP contribution is 2.39. The summed E-state index contributed by atoms with van der Waals surface area (Å²) < 4.78 is 0.748. The standard InChI is InChI=1S/C14H4Br2N2O4/c15-9-7-5-3-1-2-4(12(20)17-11(3)19)6(5)8(10(9)16)14(22)18-13(7)21/h1-2H,(H,17,19,20)(H,18,21,22). The SMILES string of the molecule is O=c1[nH]c(=O)c2ccc1c1c3c(Br)c(Br)c(c(=O)[nH]c3=O)c21. The van der Waals surface area contributed by atoms with Gasteiger partial charge in [-0.15, -0.1) is 0 Å². The van der Waals surface area contributed by atoms with Crippen molar-refractivity contribution in [1.82, 2.24) is 9.97 Å². The van der Waals surface area contributed by atoms with Crippen molar-refractivity contribution in [3.8, 4) is 0 Å². The van der Waals surface area contributed by atoms with Crippen LogP contribution in [0.3, 0.4) is 0 Å². The van der Waals surface area contributed by atoms with Crippen LogP contribution in [0, 0.1) is 0 Å². The van der Waals surface area contributed by atoms with E-state index in [9.17, 15) is 19.2 Å². The molecule has 0 amide bonds. The Labute approximate surface area is 136 Å². The molecule has 4 bridgehead atoms. The van der Waals surface area contributed by atoms with Gasteiger partial charge in [-0.3, -0.25) is 29.1 Å². The van der Waals surface area contributed by atoms with E-state index in [2.05, 4.69) is 41.8 Å². The van der Waals surface area contributed by atoms with Gasteiger partial charge in [0.25, 0.3) is 22.2 Å². The normalized spacial score (nSPS) is 11.9. The van der Waals surface area contributed by atoms with E-state index in [1.165, 1.54) is 12.1 Å². The van der Waals surface area contributed by atoms with Crippen LogP contribution in [0.4, 0.5) is 0 Å². The van der Waals surface area contributed by atoms with Crippen molar-refractivity contribution in [3.05, 3.63) is 62.5 Å². The molecule has 0 aliphatic heterocycles. The van der Waals surface area contributed by atoms with Crippen LogP contribution < -0.4 is 22.2 Å². The first-order chi connectivity index (χ1) is 10.4. The Morgan fingerprint density at radius 3 is 1.36 bits per heavy atom. The third-order valence-electron chi connectivity index (χ3n) is 3.73. The van der Waals surface area contributed by atoms with Crippen molar-refractivity contribution < 1.29 is 0 Å². The predicted molar refractivity (Wildman–Crippen MR) is 90.5 cm³/mol. The summed E-state index contributed by atoms with van der Waals surface area (Å²) >= 11 is 6.57. The highest BCUT2D eigenvalue weighted by molar-refractivity contribution is 9.13. The van der Waals surface area contributed by atoms with E-state index in [4.69, 9.17) is 0 Å². The first kappa shape index (κ1) is 13.6. The fraction of sp³-hybridized carbons (Fsp3) is 0. The van der Waals surface area contributed by atoms with Crippen LogP contribution in [0.5, 0.6) is 0 Å². The van der Waals surface area contributed by atoms with E-state index >= 15 is 0 Å². The maximum Gasteiger partial charge on any atom is 0.259 e. The smallest absolute Gasteiger partial charge is 0.259 e. The van der Waals surface area contributed by atoms with Gasteiger partial charge in [0.1, 0.15) is 0 Å². The number of hydrogen-bond acceptors (Lipinski definition) is 4. The van der Waals surface area contributed by atoms with Crippen molar-refractivity contribution in [2.75, 3.05) is 0 Å². The zero-order chi connectivity index (χ0) is 15.8. The fourth-order valence-electron chi connectivity index (χ4n) is 2.83. The molecule has 0 saturated carbocycles. The van der Waals surface area contributed by atoms with E-state index < -0.39 is 22.2 Å². The average Bonchev–Trinajstić information content (AvgIpc) is 2.74. The highest BCUT2D eigenvalue weighted by atomic mass is 79.9. The third-order valence-corrected chi connectivity index (χ3v) is 5.85. The van der Waals surface area contributed by atoms with Gasteiger partial charge in [-0.2, -0.15) is 0 Å². The molecule has 8 heteroatoms. The van der Waals surface area contributed by atoms with Crippen LogP contribution >= 0.6 is 31.9 Å². The zero-order valence-electron chi connectivity index (χ0n) is 10.5. The molecule has 6 rings (SSSR count). The van der Waals surface area contributed by atoms with Crippen molar-refractivity contribution >= 4 is 64.2 Å². The van der Waals surface area contributed by atoms with Gasteiger partial charge < -0.3 is 0 Å². The Bertz CT molecular complexity index is 1220. The van der Waals surface area contributed by atoms with Crippen molar-refractivity contribution in [2.45, 2.75) is 0 Å². The number of rotatable bonds is 0. The maximum atomic E-state index is 12.3. The summed E-state index contributed by atoms with van der Waals surface area (Å²) in [6, 6.07) is 2.96. The summed E-state index contributed by atoms with van der Waals surface area (Å²) in [5.74, 6) is 0. The van der Waals surface area contributed by atoms with Gasteiger partial charge in [-0.1, -0.05) is 0 Å². The first-order valence-electron chi connectivity index (χ1n) is 6.11. The summed E-state index contributed by atoms with van der Waals surface area (Å²) in [7, 11) is 0. The van der Waals surface area contributed by atoms with Gasteiger partial charge in [0.05, 0.1) is 10.8 Å². The predicted octanol–water partition coefficient (Wildman–Crippen LogP) is 1.64. The fourth-order valence-corrected chi connectivity index (χ4v) is 3.98. The number of halogens is 2. The Morgan fingerprint density at radius 1 is 0.591 bits per heavy atom. The molecule has 22 heavy (non-hydrogen) atoms. The number of nitrogens with one attached hydrogen (secondary N) is 2. The lowest BCUT2D eigenvalue weighted by Crippen LogP contribution is -2.14. The molecule has 2 aromatic carbocycles. The largest absolute Gasteiger partial charge is 0.288 e. The van der Waals surface area contributed by atoms with Gasteiger partial charge in [0.2, 0.25) is 0 Å². The molecule has 108 valence electrons. The number of aromatic amines is 2. The average molecular weight is 424 g/mol. The summed E-state index contributed by atoms with van der Waals surface area (Å²) in [5, 5.41) is 1.26. The molecular formula is C14H4Br2N2O4. The molecule has 6 aromatic rings. The lowest BCUT2D eigenvalue weighted by Gasteiger charge is -2.06. The Hall–Kier alpha value is -2.06. The van der Waals surface area contributed by atoms with Crippen molar-refractivity contribution in [3.63, 3.8) is 0 Å². The zero-order valence-corrected chi connectivity index (χ0v) is 13.7. The van der Waals surface area contributed by atoms with Crippen LogP contribution in [0.2, 0.25) is 0 Å². The molecule has 0 atom stereocenters. The Balaban J connectivity index is 2.76. The molecule has 0 unspecified atom stereocenters. The molecule has 4 heterocycles. The molecule has 6 nitrogen and oxygen atoms in total. The van der Waals surface area contributed by atoms with Gasteiger partial charge in [0, 0.05) is 30.5 Å². The maximum absolute atomic E-state index is 12.3. The van der Waals surface area contributed by atoms with Gasteiger partial charge in [-0.25, -0.2) is 0 Å². The molecule has 0 aliphatic rings. The topological polar surface area (TPSA) is 99.9 Å². The molecule has 4 aromatic heterocycles. The molecule has 0 fully saturated rings. The molecule has 0 radical (unpaired) electrons. The second-order valence-corrected chi connectivity index (χ2v) is 6.44. The molecule has 2 N–H and O–H groups in total. The monoisotopic (exact) mass is 422 g/mol. The molecule has 0 saturated heterocycles. The molecular weight excluding hydrogens is 420 g/mol. The van der Waals surface area contributed by atoms with Crippen LogP contribution in [-0.4, -0.2) is 9.97 Å². The van der Waals surface area contributed by atoms with Crippen LogP contribution in [0.15, 0.2) is 40.3 Å². The van der Waals surface area contributed by atoms with Crippen LogP contribution in [0.25, 0.3) is 32.3 Å². The van der Waals surface area contributed by atoms with Crippen LogP contribution in [-0.2, 0) is 0 Å². The number of hydrogen-bond donors (Lipinski definition) is 2. The Kier molecular flexibility index (Phi) is 2.62. The highest BCUT2D eigenvalue weighted by Gasteiger charge is 2.22. The molecule has 0 aliphatic carbocycles. The van der Waals surface area contributed by atoms with Gasteiger partial charge in [0.15, 0.2) is 0 Å². The quantitative estimate of drug-likeness (QED) is 0.449. The number of aromatic nitrogens is 2.